The second-order valence-electron chi connectivity index (χ2n) is 8.85. The summed E-state index contributed by atoms with van der Waals surface area (Å²) in [4.78, 5) is 19.8. The first-order valence-corrected chi connectivity index (χ1v) is 11.4. The predicted octanol–water partition coefficient (Wildman–Crippen LogP) is 2.39. The van der Waals surface area contributed by atoms with Gasteiger partial charge in [-0.2, -0.15) is 5.10 Å². The molecule has 1 aromatic heterocycles. The van der Waals surface area contributed by atoms with Crippen LogP contribution in [0, 0.1) is 5.41 Å². The molecule has 156 valence electrons. The predicted molar refractivity (Wildman–Crippen MR) is 112 cm³/mol. The summed E-state index contributed by atoms with van der Waals surface area (Å²) < 4.78 is 3.50. The van der Waals surface area contributed by atoms with Crippen molar-refractivity contribution in [3.8, 4) is 0 Å². The van der Waals surface area contributed by atoms with E-state index in [1.54, 1.807) is 4.68 Å². The van der Waals surface area contributed by atoms with Crippen LogP contribution in [0.4, 0.5) is 0 Å². The minimum atomic E-state index is 0.0596. The lowest BCUT2D eigenvalue weighted by molar-refractivity contribution is 0.203. The van der Waals surface area contributed by atoms with E-state index in [4.69, 9.17) is 4.99 Å². The number of likely N-dealkylation sites (tertiary alicyclic amines) is 1. The smallest absolute Gasteiger partial charge is 0.345 e. The Morgan fingerprint density at radius 1 is 1.14 bits per heavy atom. The largest absolute Gasteiger partial charge is 0.357 e. The number of rotatable bonds is 5. The molecule has 0 radical (unpaired) electrons. The number of fused-ring (bicyclic) bond motifs is 1. The van der Waals surface area contributed by atoms with Gasteiger partial charge in [-0.3, -0.25) is 9.56 Å². The third-order valence-corrected chi connectivity index (χ3v) is 6.81. The van der Waals surface area contributed by atoms with E-state index in [-0.39, 0.29) is 5.69 Å². The van der Waals surface area contributed by atoms with Gasteiger partial charge >= 0.3 is 5.69 Å². The lowest BCUT2D eigenvalue weighted by atomic mass is 9.73. The van der Waals surface area contributed by atoms with E-state index in [1.165, 1.54) is 38.5 Å². The number of nitrogens with one attached hydrogen (secondary N) is 1. The van der Waals surface area contributed by atoms with E-state index in [9.17, 15) is 4.79 Å². The highest BCUT2D eigenvalue weighted by molar-refractivity contribution is 5.80. The molecule has 1 saturated carbocycles. The lowest BCUT2D eigenvalue weighted by Crippen LogP contribution is -2.41. The van der Waals surface area contributed by atoms with Crippen molar-refractivity contribution in [2.45, 2.75) is 84.2 Å². The zero-order valence-corrected chi connectivity index (χ0v) is 17.5. The topological polar surface area (TPSA) is 67.5 Å². The van der Waals surface area contributed by atoms with Crippen molar-refractivity contribution >= 4 is 5.96 Å². The molecule has 0 bridgehead atoms. The molecule has 7 nitrogen and oxygen atoms in total. The third kappa shape index (κ3) is 4.13. The molecule has 0 amide bonds. The molecule has 2 aliphatic heterocycles. The average molecular weight is 389 g/mol. The van der Waals surface area contributed by atoms with Crippen molar-refractivity contribution in [3.05, 3.63) is 16.3 Å². The Morgan fingerprint density at radius 2 is 2.00 bits per heavy atom. The molecule has 7 heteroatoms. The van der Waals surface area contributed by atoms with Gasteiger partial charge < -0.3 is 10.2 Å². The van der Waals surface area contributed by atoms with Crippen LogP contribution in [0.5, 0.6) is 0 Å². The van der Waals surface area contributed by atoms with Crippen LogP contribution in [-0.4, -0.2) is 51.4 Å². The summed E-state index contributed by atoms with van der Waals surface area (Å²) in [6.45, 7) is 7.54. The van der Waals surface area contributed by atoms with Crippen molar-refractivity contribution in [1.82, 2.24) is 24.6 Å². The molecule has 1 saturated heterocycles. The maximum atomic E-state index is 12.4. The normalized spacial score (nSPS) is 21.9. The van der Waals surface area contributed by atoms with Gasteiger partial charge in [0.2, 0.25) is 0 Å². The minimum absolute atomic E-state index is 0.0596. The molecule has 0 atom stereocenters. The summed E-state index contributed by atoms with van der Waals surface area (Å²) in [5.74, 6) is 2.02. The highest BCUT2D eigenvalue weighted by Crippen LogP contribution is 2.43. The number of guanidine groups is 1. The van der Waals surface area contributed by atoms with E-state index in [0.717, 1.165) is 70.2 Å². The molecule has 4 rings (SSSR count). The highest BCUT2D eigenvalue weighted by Gasteiger charge is 2.39. The van der Waals surface area contributed by atoms with E-state index < -0.39 is 0 Å². The summed E-state index contributed by atoms with van der Waals surface area (Å²) >= 11 is 0. The second kappa shape index (κ2) is 8.70. The monoisotopic (exact) mass is 388 g/mol. The zero-order chi connectivity index (χ0) is 19.4. The van der Waals surface area contributed by atoms with Crippen LogP contribution < -0.4 is 11.0 Å². The van der Waals surface area contributed by atoms with Gasteiger partial charge in [-0.1, -0.05) is 19.3 Å². The van der Waals surface area contributed by atoms with Crippen LogP contribution in [0.1, 0.15) is 70.5 Å². The van der Waals surface area contributed by atoms with Gasteiger partial charge in [-0.15, -0.1) is 0 Å². The molecule has 0 aromatic carbocycles. The summed E-state index contributed by atoms with van der Waals surface area (Å²) in [5, 5.41) is 8.01. The van der Waals surface area contributed by atoms with Crippen molar-refractivity contribution in [2.75, 3.05) is 26.2 Å². The fourth-order valence-corrected chi connectivity index (χ4v) is 5.25. The van der Waals surface area contributed by atoms with Crippen molar-refractivity contribution in [2.24, 2.45) is 10.4 Å². The van der Waals surface area contributed by atoms with Crippen LogP contribution in [0.25, 0.3) is 0 Å². The Hall–Kier alpha value is -1.79. The first-order valence-electron chi connectivity index (χ1n) is 11.4. The molecule has 28 heavy (non-hydrogen) atoms. The van der Waals surface area contributed by atoms with E-state index in [0.29, 0.717) is 12.0 Å². The first-order chi connectivity index (χ1) is 13.7. The average Bonchev–Trinajstić information content (AvgIpc) is 3.27. The molecule has 1 N–H and O–H groups in total. The fourth-order valence-electron chi connectivity index (χ4n) is 5.25. The standard InChI is InChI=1S/C21H36N6O/c1-2-22-19(25-16-12-21(17-25)10-5-3-6-11-21)23-13-8-15-27-20(28)26-14-7-4-9-18(26)24-27/h2-17H2,1H3,(H,22,23). The Kier molecular flexibility index (Phi) is 6.07. The van der Waals surface area contributed by atoms with Crippen LogP contribution in [0.15, 0.2) is 9.79 Å². The SMILES string of the molecule is CCNC(=NCCCn1nc2n(c1=O)CCCC2)N1CCC2(CCCCC2)C1. The molecule has 3 heterocycles. The molecule has 1 aliphatic carbocycles. The Morgan fingerprint density at radius 3 is 2.79 bits per heavy atom. The van der Waals surface area contributed by atoms with E-state index in [1.807, 2.05) is 4.57 Å². The molecule has 3 aliphatic rings. The quantitative estimate of drug-likeness (QED) is 0.478. The number of nitrogens with zero attached hydrogens (tertiary/aromatic N) is 5. The number of aromatic nitrogens is 3. The second-order valence-corrected chi connectivity index (χ2v) is 8.85. The fraction of sp³-hybridized carbons (Fsp3) is 0.857. The Labute approximate surface area is 168 Å². The molecule has 1 aromatic rings. The molecule has 2 fully saturated rings. The highest BCUT2D eigenvalue weighted by atomic mass is 16.2. The molecule has 0 unspecified atom stereocenters. The Bertz CT molecular complexity index is 743. The minimum Gasteiger partial charge on any atom is -0.357 e. The summed E-state index contributed by atoms with van der Waals surface area (Å²) in [6, 6.07) is 0. The lowest BCUT2D eigenvalue weighted by Gasteiger charge is -2.33. The third-order valence-electron chi connectivity index (χ3n) is 6.81. The van der Waals surface area contributed by atoms with Crippen LogP contribution in [-0.2, 0) is 19.5 Å². The van der Waals surface area contributed by atoms with Gasteiger partial charge in [0.1, 0.15) is 5.82 Å². The number of hydrogen-bond donors (Lipinski definition) is 1. The van der Waals surface area contributed by atoms with Crippen LogP contribution in [0.2, 0.25) is 0 Å². The van der Waals surface area contributed by atoms with Gasteiger partial charge in [-0.05, 0) is 50.9 Å². The van der Waals surface area contributed by atoms with Crippen LogP contribution >= 0.6 is 0 Å². The van der Waals surface area contributed by atoms with Crippen LogP contribution in [0.3, 0.4) is 0 Å². The van der Waals surface area contributed by atoms with Crippen molar-refractivity contribution < 1.29 is 0 Å². The van der Waals surface area contributed by atoms with Gasteiger partial charge in [0.25, 0.3) is 0 Å². The zero-order valence-electron chi connectivity index (χ0n) is 17.5. The van der Waals surface area contributed by atoms with E-state index >= 15 is 0 Å². The molecular weight excluding hydrogens is 352 g/mol. The molecular formula is C21H36N6O. The number of hydrogen-bond acceptors (Lipinski definition) is 3. The van der Waals surface area contributed by atoms with Gasteiger partial charge in [0.05, 0.1) is 0 Å². The van der Waals surface area contributed by atoms with Gasteiger partial charge in [0, 0.05) is 45.7 Å². The number of aryl methyl sites for hydroxylation is 2. The van der Waals surface area contributed by atoms with Gasteiger partial charge in [-0.25, -0.2) is 9.48 Å². The number of aliphatic imine (C=N–C) groups is 1. The van der Waals surface area contributed by atoms with E-state index in [2.05, 4.69) is 22.2 Å². The van der Waals surface area contributed by atoms with Gasteiger partial charge in [0.15, 0.2) is 5.96 Å². The van der Waals surface area contributed by atoms with Crippen molar-refractivity contribution in [1.29, 1.82) is 0 Å². The van der Waals surface area contributed by atoms with Crippen molar-refractivity contribution in [3.63, 3.8) is 0 Å². The first kappa shape index (κ1) is 19.5. The summed E-state index contributed by atoms with van der Waals surface area (Å²) in [6.07, 6.45) is 12.3. The maximum Gasteiger partial charge on any atom is 0.345 e. The Balaban J connectivity index is 1.33. The molecule has 1 spiro atoms. The summed E-state index contributed by atoms with van der Waals surface area (Å²) in [7, 11) is 0. The maximum absolute atomic E-state index is 12.4. The summed E-state index contributed by atoms with van der Waals surface area (Å²) in [5.41, 5.74) is 0.599.